The molecule has 0 fully saturated rings. The minimum atomic E-state index is 0.0230. The van der Waals surface area contributed by atoms with Gasteiger partial charge in [-0.3, -0.25) is 4.79 Å². The predicted molar refractivity (Wildman–Crippen MR) is 96.3 cm³/mol. The molecule has 0 saturated carbocycles. The Morgan fingerprint density at radius 2 is 1.92 bits per heavy atom. The maximum atomic E-state index is 10.8. The summed E-state index contributed by atoms with van der Waals surface area (Å²) >= 11 is 12.4. The van der Waals surface area contributed by atoms with E-state index in [1.54, 1.807) is 36.4 Å². The van der Waals surface area contributed by atoms with Crippen LogP contribution in [0.4, 0.5) is 0 Å². The number of ether oxygens (including phenoxy) is 1. The van der Waals surface area contributed by atoms with Crippen molar-refractivity contribution in [1.82, 2.24) is 10.1 Å². The van der Waals surface area contributed by atoms with E-state index in [0.29, 0.717) is 44.2 Å². The quantitative estimate of drug-likeness (QED) is 0.564. The van der Waals surface area contributed by atoms with Crippen molar-refractivity contribution in [2.24, 2.45) is 0 Å². The largest absolute Gasteiger partial charge is 0.489 e. The van der Waals surface area contributed by atoms with E-state index in [1.807, 2.05) is 13.8 Å². The molecule has 0 amide bonds. The van der Waals surface area contributed by atoms with Gasteiger partial charge in [0.15, 0.2) is 0 Å². The molecule has 0 saturated heterocycles. The van der Waals surface area contributed by atoms with Crippen LogP contribution in [0.2, 0.25) is 10.0 Å². The minimum absolute atomic E-state index is 0.0230. The van der Waals surface area contributed by atoms with Crippen molar-refractivity contribution in [1.29, 1.82) is 0 Å². The van der Waals surface area contributed by atoms with Gasteiger partial charge in [-0.2, -0.15) is 4.98 Å². The average Bonchev–Trinajstić information content (AvgIpc) is 3.06. The standard InChI is InChI=1S/C18H14Cl2N2O3/c1-10(2)24-16-6-4-12(8-15(16)20)18-21-17(22-25-18)13-5-3-11(9-23)7-14(13)19/h3-10H,1-2H3. The Balaban J connectivity index is 1.91. The number of aromatic nitrogens is 2. The summed E-state index contributed by atoms with van der Waals surface area (Å²) in [7, 11) is 0. The number of benzene rings is 2. The van der Waals surface area contributed by atoms with Gasteiger partial charge in [0, 0.05) is 16.7 Å². The van der Waals surface area contributed by atoms with E-state index < -0.39 is 0 Å². The van der Waals surface area contributed by atoms with Crippen LogP contribution in [0.1, 0.15) is 24.2 Å². The monoisotopic (exact) mass is 376 g/mol. The molecule has 0 spiro atoms. The molecular weight excluding hydrogens is 363 g/mol. The topological polar surface area (TPSA) is 65.2 Å². The molecule has 0 aliphatic rings. The van der Waals surface area contributed by atoms with E-state index >= 15 is 0 Å². The maximum absolute atomic E-state index is 10.8. The lowest BCUT2D eigenvalue weighted by Gasteiger charge is -2.11. The third kappa shape index (κ3) is 3.83. The van der Waals surface area contributed by atoms with Crippen LogP contribution in [0.3, 0.4) is 0 Å². The van der Waals surface area contributed by atoms with Gasteiger partial charge in [-0.05, 0) is 44.2 Å². The molecule has 7 heteroatoms. The molecule has 0 bridgehead atoms. The first-order valence-corrected chi connectivity index (χ1v) is 8.29. The highest BCUT2D eigenvalue weighted by molar-refractivity contribution is 6.33. The first kappa shape index (κ1) is 17.5. The summed E-state index contributed by atoms with van der Waals surface area (Å²) in [6.45, 7) is 3.85. The molecule has 0 N–H and O–H groups in total. The summed E-state index contributed by atoms with van der Waals surface area (Å²) in [6.07, 6.45) is 0.745. The third-order valence-corrected chi connectivity index (χ3v) is 3.95. The second-order valence-electron chi connectivity index (χ2n) is 5.59. The Kier molecular flexibility index (Phi) is 5.06. The molecule has 2 aromatic carbocycles. The molecule has 0 unspecified atom stereocenters. The van der Waals surface area contributed by atoms with E-state index in [9.17, 15) is 4.79 Å². The number of hydrogen-bond acceptors (Lipinski definition) is 5. The van der Waals surface area contributed by atoms with Crippen molar-refractivity contribution in [2.45, 2.75) is 20.0 Å². The van der Waals surface area contributed by atoms with Gasteiger partial charge in [-0.25, -0.2) is 0 Å². The van der Waals surface area contributed by atoms with Crippen molar-refractivity contribution in [3.8, 4) is 28.6 Å². The lowest BCUT2D eigenvalue weighted by Crippen LogP contribution is -2.05. The van der Waals surface area contributed by atoms with Gasteiger partial charge in [0.1, 0.15) is 12.0 Å². The van der Waals surface area contributed by atoms with Crippen LogP contribution in [0.15, 0.2) is 40.9 Å². The number of carbonyl (C=O) groups excluding carboxylic acids is 1. The highest BCUT2D eigenvalue weighted by Gasteiger charge is 2.15. The predicted octanol–water partition coefficient (Wildman–Crippen LogP) is 5.31. The van der Waals surface area contributed by atoms with Crippen molar-refractivity contribution in [3.05, 3.63) is 52.0 Å². The molecule has 128 valence electrons. The highest BCUT2D eigenvalue weighted by Crippen LogP contribution is 2.32. The van der Waals surface area contributed by atoms with Gasteiger partial charge in [0.2, 0.25) is 5.82 Å². The minimum Gasteiger partial charge on any atom is -0.489 e. The molecule has 0 aliphatic carbocycles. The number of nitrogens with zero attached hydrogens (tertiary/aromatic N) is 2. The highest BCUT2D eigenvalue weighted by atomic mass is 35.5. The number of hydrogen-bond donors (Lipinski definition) is 0. The fraction of sp³-hybridized carbons (Fsp3) is 0.167. The second kappa shape index (κ2) is 7.25. The Morgan fingerprint density at radius 3 is 2.56 bits per heavy atom. The van der Waals surface area contributed by atoms with Gasteiger partial charge in [0.05, 0.1) is 16.1 Å². The van der Waals surface area contributed by atoms with Crippen LogP contribution in [0.5, 0.6) is 5.75 Å². The zero-order valence-electron chi connectivity index (χ0n) is 13.5. The zero-order valence-corrected chi connectivity index (χ0v) is 15.0. The SMILES string of the molecule is CC(C)Oc1ccc(-c2nc(-c3ccc(C=O)cc3Cl)no2)cc1Cl. The van der Waals surface area contributed by atoms with E-state index in [4.69, 9.17) is 32.5 Å². The summed E-state index contributed by atoms with van der Waals surface area (Å²) in [5.74, 6) is 1.23. The van der Waals surface area contributed by atoms with Gasteiger partial charge >= 0.3 is 0 Å². The van der Waals surface area contributed by atoms with E-state index in [1.165, 1.54) is 0 Å². The van der Waals surface area contributed by atoms with Gasteiger partial charge in [0.25, 0.3) is 5.89 Å². The summed E-state index contributed by atoms with van der Waals surface area (Å²) in [4.78, 5) is 15.1. The molecule has 5 nitrogen and oxygen atoms in total. The average molecular weight is 377 g/mol. The van der Waals surface area contributed by atoms with Gasteiger partial charge in [-0.15, -0.1) is 0 Å². The number of aldehydes is 1. The zero-order chi connectivity index (χ0) is 18.0. The molecule has 3 aromatic rings. The van der Waals surface area contributed by atoms with E-state index in [-0.39, 0.29) is 6.10 Å². The van der Waals surface area contributed by atoms with Crippen molar-refractivity contribution in [3.63, 3.8) is 0 Å². The van der Waals surface area contributed by atoms with E-state index in [2.05, 4.69) is 10.1 Å². The Bertz CT molecular complexity index is 922. The Labute approximate surface area is 154 Å². The van der Waals surface area contributed by atoms with Crippen LogP contribution in [-0.4, -0.2) is 22.5 Å². The second-order valence-corrected chi connectivity index (χ2v) is 6.41. The Morgan fingerprint density at radius 1 is 1.12 bits per heavy atom. The smallest absolute Gasteiger partial charge is 0.258 e. The first-order chi connectivity index (χ1) is 12.0. The van der Waals surface area contributed by atoms with Crippen LogP contribution in [0, 0.1) is 0 Å². The molecule has 0 aliphatic heterocycles. The molecular formula is C18H14Cl2N2O3. The molecule has 25 heavy (non-hydrogen) atoms. The van der Waals surface area contributed by atoms with Crippen LogP contribution < -0.4 is 4.74 Å². The fourth-order valence-electron chi connectivity index (χ4n) is 2.22. The van der Waals surface area contributed by atoms with Crippen LogP contribution in [0.25, 0.3) is 22.8 Å². The maximum Gasteiger partial charge on any atom is 0.258 e. The van der Waals surface area contributed by atoms with Crippen molar-refractivity contribution < 1.29 is 14.1 Å². The molecule has 1 aromatic heterocycles. The van der Waals surface area contributed by atoms with Crippen molar-refractivity contribution >= 4 is 29.5 Å². The summed E-state index contributed by atoms with van der Waals surface area (Å²) in [6, 6.07) is 10.1. The van der Waals surface area contributed by atoms with Gasteiger partial charge < -0.3 is 9.26 Å². The third-order valence-electron chi connectivity index (χ3n) is 3.34. The first-order valence-electron chi connectivity index (χ1n) is 7.53. The van der Waals surface area contributed by atoms with Crippen LogP contribution >= 0.6 is 23.2 Å². The normalized spacial score (nSPS) is 10.9. The molecule has 0 atom stereocenters. The molecule has 0 radical (unpaired) electrons. The number of carbonyl (C=O) groups is 1. The lowest BCUT2D eigenvalue weighted by atomic mass is 10.1. The lowest BCUT2D eigenvalue weighted by molar-refractivity contribution is 0.112. The molecule has 3 rings (SSSR count). The summed E-state index contributed by atoms with van der Waals surface area (Å²) < 4.78 is 10.9. The number of halogens is 2. The number of rotatable bonds is 5. The summed E-state index contributed by atoms with van der Waals surface area (Å²) in [5.41, 5.74) is 1.72. The van der Waals surface area contributed by atoms with Gasteiger partial charge in [-0.1, -0.05) is 34.4 Å². The Hall–Kier alpha value is -2.37. The van der Waals surface area contributed by atoms with Crippen LogP contribution in [-0.2, 0) is 0 Å². The fourth-order valence-corrected chi connectivity index (χ4v) is 2.72. The van der Waals surface area contributed by atoms with E-state index in [0.717, 1.165) is 6.29 Å². The van der Waals surface area contributed by atoms with Crippen molar-refractivity contribution in [2.75, 3.05) is 0 Å². The molecule has 1 heterocycles. The summed E-state index contributed by atoms with van der Waals surface area (Å²) in [5, 5.41) is 4.78.